The molecule has 4 heteroatoms. The zero-order valence-corrected chi connectivity index (χ0v) is 10.1. The molecular formula is C12H23N3O. The van der Waals surface area contributed by atoms with Crippen molar-refractivity contribution in [1.82, 2.24) is 4.90 Å². The molecule has 2 aliphatic rings. The Balaban J connectivity index is 1.92. The predicted molar refractivity (Wildman–Crippen MR) is 63.7 cm³/mol. The molecule has 2 unspecified atom stereocenters. The maximum absolute atomic E-state index is 11.4. The van der Waals surface area contributed by atoms with Crippen molar-refractivity contribution in [3.8, 4) is 0 Å². The molecule has 0 aromatic heterocycles. The first-order valence-corrected chi connectivity index (χ1v) is 6.30. The topological polar surface area (TPSA) is 72.3 Å². The molecule has 0 aliphatic heterocycles. The van der Waals surface area contributed by atoms with Crippen LogP contribution in [0.1, 0.15) is 38.5 Å². The van der Waals surface area contributed by atoms with E-state index in [9.17, 15) is 4.79 Å². The lowest BCUT2D eigenvalue weighted by molar-refractivity contribution is -0.125. The normalized spacial score (nSPS) is 35.3. The molecule has 0 radical (unpaired) electrons. The van der Waals surface area contributed by atoms with Gasteiger partial charge in [0.2, 0.25) is 5.91 Å². The molecule has 4 N–H and O–H groups in total. The van der Waals surface area contributed by atoms with Crippen LogP contribution in [0.25, 0.3) is 0 Å². The molecule has 2 rings (SSSR count). The van der Waals surface area contributed by atoms with Gasteiger partial charge >= 0.3 is 0 Å². The standard InChI is InChI=1S/C12H23N3O/c1-15(8-9-4-5-9)10-3-2-6-12(14,7-10)11(13)16/h9-10H,2-8,14H2,1H3,(H2,13,16). The number of nitrogens with zero attached hydrogens (tertiary/aromatic N) is 1. The highest BCUT2D eigenvalue weighted by molar-refractivity contribution is 5.84. The van der Waals surface area contributed by atoms with Gasteiger partial charge in [0.1, 0.15) is 0 Å². The van der Waals surface area contributed by atoms with Crippen molar-refractivity contribution in [2.45, 2.75) is 50.1 Å². The smallest absolute Gasteiger partial charge is 0.237 e. The predicted octanol–water partition coefficient (Wildman–Crippen LogP) is 0.454. The molecule has 2 atom stereocenters. The second-order valence-corrected chi connectivity index (χ2v) is 5.65. The first-order chi connectivity index (χ1) is 7.51. The van der Waals surface area contributed by atoms with Gasteiger partial charge in [0.05, 0.1) is 5.54 Å². The summed E-state index contributed by atoms with van der Waals surface area (Å²) in [4.78, 5) is 13.7. The summed E-state index contributed by atoms with van der Waals surface area (Å²) < 4.78 is 0. The van der Waals surface area contributed by atoms with Crippen LogP contribution in [0.4, 0.5) is 0 Å². The number of nitrogens with two attached hydrogens (primary N) is 2. The van der Waals surface area contributed by atoms with Crippen molar-refractivity contribution in [2.75, 3.05) is 13.6 Å². The summed E-state index contributed by atoms with van der Waals surface area (Å²) in [6.07, 6.45) is 6.36. The van der Waals surface area contributed by atoms with Crippen molar-refractivity contribution in [2.24, 2.45) is 17.4 Å². The minimum atomic E-state index is -0.763. The fourth-order valence-corrected chi connectivity index (χ4v) is 2.73. The molecule has 2 fully saturated rings. The average Bonchev–Trinajstić information content (AvgIpc) is 3.01. The van der Waals surface area contributed by atoms with Gasteiger partial charge in [-0.05, 0) is 51.5 Å². The minimum Gasteiger partial charge on any atom is -0.368 e. The van der Waals surface area contributed by atoms with Crippen molar-refractivity contribution in [3.63, 3.8) is 0 Å². The minimum absolute atomic E-state index is 0.336. The molecular weight excluding hydrogens is 202 g/mol. The van der Waals surface area contributed by atoms with Gasteiger partial charge in [-0.25, -0.2) is 0 Å². The molecule has 1 amide bonds. The molecule has 0 aromatic carbocycles. The van der Waals surface area contributed by atoms with E-state index in [0.29, 0.717) is 6.04 Å². The van der Waals surface area contributed by atoms with Crippen molar-refractivity contribution >= 4 is 5.91 Å². The molecule has 0 saturated heterocycles. The van der Waals surface area contributed by atoms with Crippen LogP contribution in [0.2, 0.25) is 0 Å². The third-order valence-electron chi connectivity index (χ3n) is 4.12. The number of hydrogen-bond donors (Lipinski definition) is 2. The zero-order chi connectivity index (χ0) is 11.8. The number of primary amides is 1. The zero-order valence-electron chi connectivity index (χ0n) is 10.1. The van der Waals surface area contributed by atoms with Gasteiger partial charge in [-0.15, -0.1) is 0 Å². The maximum Gasteiger partial charge on any atom is 0.237 e. The Morgan fingerprint density at radius 1 is 1.44 bits per heavy atom. The van der Waals surface area contributed by atoms with E-state index in [4.69, 9.17) is 11.5 Å². The molecule has 4 nitrogen and oxygen atoms in total. The van der Waals surface area contributed by atoms with Crippen LogP contribution < -0.4 is 11.5 Å². The van der Waals surface area contributed by atoms with Crippen molar-refractivity contribution in [3.05, 3.63) is 0 Å². The lowest BCUT2D eigenvalue weighted by atomic mass is 9.78. The Morgan fingerprint density at radius 3 is 2.69 bits per heavy atom. The summed E-state index contributed by atoms with van der Waals surface area (Å²) in [7, 11) is 2.15. The van der Waals surface area contributed by atoms with Crippen LogP contribution in [-0.2, 0) is 4.79 Å². The first-order valence-electron chi connectivity index (χ1n) is 6.30. The van der Waals surface area contributed by atoms with E-state index < -0.39 is 5.54 Å². The molecule has 16 heavy (non-hydrogen) atoms. The second kappa shape index (κ2) is 4.34. The Labute approximate surface area is 97.3 Å². The van der Waals surface area contributed by atoms with Gasteiger partial charge < -0.3 is 16.4 Å². The summed E-state index contributed by atoms with van der Waals surface area (Å²) in [5, 5.41) is 0. The highest BCUT2D eigenvalue weighted by Gasteiger charge is 2.39. The van der Waals surface area contributed by atoms with E-state index in [1.165, 1.54) is 12.8 Å². The molecule has 92 valence electrons. The quantitative estimate of drug-likeness (QED) is 0.730. The van der Waals surface area contributed by atoms with Crippen LogP contribution in [-0.4, -0.2) is 36.0 Å². The molecule has 0 aromatic rings. The highest BCUT2D eigenvalue weighted by atomic mass is 16.1. The van der Waals surface area contributed by atoms with E-state index in [-0.39, 0.29) is 5.91 Å². The van der Waals surface area contributed by atoms with Crippen LogP contribution in [0.5, 0.6) is 0 Å². The van der Waals surface area contributed by atoms with Crippen molar-refractivity contribution < 1.29 is 4.79 Å². The van der Waals surface area contributed by atoms with E-state index in [1.54, 1.807) is 0 Å². The maximum atomic E-state index is 11.4. The van der Waals surface area contributed by atoms with E-state index >= 15 is 0 Å². The summed E-state index contributed by atoms with van der Waals surface area (Å²) in [5.74, 6) is 0.546. The lowest BCUT2D eigenvalue weighted by Gasteiger charge is -2.39. The third-order valence-corrected chi connectivity index (χ3v) is 4.12. The van der Waals surface area contributed by atoms with Gasteiger partial charge in [-0.2, -0.15) is 0 Å². The number of carbonyl (C=O) groups is 1. The molecule has 0 spiro atoms. The van der Waals surface area contributed by atoms with E-state index in [0.717, 1.165) is 38.1 Å². The fraction of sp³-hybridized carbons (Fsp3) is 0.917. The number of hydrogen-bond acceptors (Lipinski definition) is 3. The molecule has 0 bridgehead atoms. The summed E-state index contributed by atoms with van der Waals surface area (Å²) in [5.41, 5.74) is 10.7. The van der Waals surface area contributed by atoms with E-state index in [2.05, 4.69) is 11.9 Å². The van der Waals surface area contributed by atoms with E-state index in [1.807, 2.05) is 0 Å². The summed E-state index contributed by atoms with van der Waals surface area (Å²) in [6.45, 7) is 1.15. The summed E-state index contributed by atoms with van der Waals surface area (Å²) >= 11 is 0. The Morgan fingerprint density at radius 2 is 2.12 bits per heavy atom. The number of amides is 1. The van der Waals surface area contributed by atoms with Gasteiger partial charge in [0.15, 0.2) is 0 Å². The van der Waals surface area contributed by atoms with Gasteiger partial charge in [0.25, 0.3) is 0 Å². The number of rotatable bonds is 4. The second-order valence-electron chi connectivity index (χ2n) is 5.65. The highest BCUT2D eigenvalue weighted by Crippen LogP contribution is 2.33. The monoisotopic (exact) mass is 225 g/mol. The van der Waals surface area contributed by atoms with Gasteiger partial charge in [-0.1, -0.05) is 0 Å². The Hall–Kier alpha value is -0.610. The summed E-state index contributed by atoms with van der Waals surface area (Å²) in [6, 6.07) is 0.437. The van der Waals surface area contributed by atoms with Crippen LogP contribution >= 0.6 is 0 Å². The van der Waals surface area contributed by atoms with Crippen LogP contribution in [0, 0.1) is 5.92 Å². The Kier molecular flexibility index (Phi) is 3.22. The SMILES string of the molecule is CN(CC1CC1)C1CCCC(N)(C(N)=O)C1. The fourth-order valence-electron chi connectivity index (χ4n) is 2.73. The van der Waals surface area contributed by atoms with Crippen molar-refractivity contribution in [1.29, 1.82) is 0 Å². The Bertz CT molecular complexity index is 277. The largest absolute Gasteiger partial charge is 0.368 e. The lowest BCUT2D eigenvalue weighted by Crippen LogP contribution is -2.58. The first kappa shape index (κ1) is 11.9. The third kappa shape index (κ3) is 2.55. The van der Waals surface area contributed by atoms with Crippen LogP contribution in [0.15, 0.2) is 0 Å². The molecule has 0 heterocycles. The van der Waals surface area contributed by atoms with Gasteiger partial charge in [-0.3, -0.25) is 4.79 Å². The van der Waals surface area contributed by atoms with Crippen LogP contribution in [0.3, 0.4) is 0 Å². The van der Waals surface area contributed by atoms with Gasteiger partial charge in [0, 0.05) is 12.6 Å². The molecule has 2 aliphatic carbocycles. The molecule has 2 saturated carbocycles. The number of carbonyl (C=O) groups excluding carboxylic acids is 1. The average molecular weight is 225 g/mol.